The van der Waals surface area contributed by atoms with Crippen LogP contribution in [0.15, 0.2) is 47.7 Å². The van der Waals surface area contributed by atoms with Crippen LogP contribution >= 0.6 is 0 Å². The van der Waals surface area contributed by atoms with Crippen molar-refractivity contribution in [1.29, 1.82) is 0 Å². The number of pyridine rings is 1. The van der Waals surface area contributed by atoms with Crippen LogP contribution in [0.5, 0.6) is 5.75 Å². The lowest BCUT2D eigenvalue weighted by Crippen LogP contribution is -2.33. The molecule has 2 aromatic rings. The highest BCUT2D eigenvalue weighted by molar-refractivity contribution is 6.05. The summed E-state index contributed by atoms with van der Waals surface area (Å²) >= 11 is 0. The number of phenolic OH excluding ortho intramolecular Hbond substituents is 1. The van der Waals surface area contributed by atoms with Gasteiger partial charge in [0.25, 0.3) is 0 Å². The Morgan fingerprint density at radius 1 is 1.17 bits per heavy atom. The van der Waals surface area contributed by atoms with E-state index >= 15 is 0 Å². The Balaban J connectivity index is 1.43. The number of imide groups is 1. The summed E-state index contributed by atoms with van der Waals surface area (Å²) in [7, 11) is 1.61. The lowest BCUT2D eigenvalue weighted by atomic mass is 9.69. The predicted molar refractivity (Wildman–Crippen MR) is 139 cm³/mol. The first-order valence-electron chi connectivity index (χ1n) is 12.9. The number of benzene rings is 1. The molecule has 2 fully saturated rings. The number of hydrogen-bond acceptors (Lipinski definition) is 5. The number of nitrogens with zero attached hydrogens (tertiary/aromatic N) is 2. The van der Waals surface area contributed by atoms with Crippen LogP contribution in [-0.4, -0.2) is 46.6 Å². The Bertz CT molecular complexity index is 1240. The van der Waals surface area contributed by atoms with E-state index in [0.717, 1.165) is 47.2 Å². The van der Waals surface area contributed by atoms with E-state index in [1.54, 1.807) is 13.2 Å². The smallest absolute Gasteiger partial charge is 0.233 e. The highest BCUT2D eigenvalue weighted by atomic mass is 16.5. The molecule has 6 nitrogen and oxygen atoms in total. The Hall–Kier alpha value is -3.25. The molecule has 1 aromatic carbocycles. The van der Waals surface area contributed by atoms with Crippen molar-refractivity contribution < 1.29 is 19.4 Å². The molecule has 188 valence electrons. The first-order valence-corrected chi connectivity index (χ1v) is 12.9. The van der Waals surface area contributed by atoms with Gasteiger partial charge in [-0.3, -0.25) is 19.5 Å². The van der Waals surface area contributed by atoms with Crippen LogP contribution in [-0.2, 0) is 14.3 Å². The average molecular weight is 487 g/mol. The lowest BCUT2D eigenvalue weighted by molar-refractivity contribution is -0.138. The summed E-state index contributed by atoms with van der Waals surface area (Å²) in [4.78, 5) is 31.6. The number of likely N-dealkylation sites (tertiary alicyclic amines) is 1. The molecule has 1 aromatic heterocycles. The zero-order valence-electron chi connectivity index (χ0n) is 21.5. The van der Waals surface area contributed by atoms with Crippen LogP contribution in [0.1, 0.15) is 55.0 Å². The topological polar surface area (TPSA) is 79.7 Å². The van der Waals surface area contributed by atoms with Gasteiger partial charge >= 0.3 is 0 Å². The van der Waals surface area contributed by atoms with E-state index in [1.807, 2.05) is 44.2 Å². The van der Waals surface area contributed by atoms with E-state index < -0.39 is 0 Å². The number of rotatable bonds is 6. The third kappa shape index (κ3) is 4.17. The second-order valence-corrected chi connectivity index (χ2v) is 10.3. The van der Waals surface area contributed by atoms with Gasteiger partial charge < -0.3 is 9.84 Å². The van der Waals surface area contributed by atoms with E-state index in [1.165, 1.54) is 16.0 Å². The van der Waals surface area contributed by atoms with Gasteiger partial charge in [-0.25, -0.2) is 0 Å². The number of aromatic nitrogens is 1. The van der Waals surface area contributed by atoms with Crippen LogP contribution < -0.4 is 0 Å². The van der Waals surface area contributed by atoms with Gasteiger partial charge in [-0.1, -0.05) is 18.6 Å². The van der Waals surface area contributed by atoms with Gasteiger partial charge in [-0.2, -0.15) is 0 Å². The molecule has 2 saturated heterocycles. The van der Waals surface area contributed by atoms with Gasteiger partial charge in [0.2, 0.25) is 11.8 Å². The Morgan fingerprint density at radius 2 is 1.92 bits per heavy atom. The largest absolute Gasteiger partial charge is 0.507 e. The summed E-state index contributed by atoms with van der Waals surface area (Å²) in [5, 5.41) is 10.2. The molecule has 3 aliphatic rings. The third-order valence-corrected chi connectivity index (χ3v) is 8.18. The van der Waals surface area contributed by atoms with Crippen molar-refractivity contribution >= 4 is 23.5 Å². The Kier molecular flexibility index (Phi) is 6.56. The fourth-order valence-electron chi connectivity index (χ4n) is 6.36. The predicted octanol–water partition coefficient (Wildman–Crippen LogP) is 5.08. The van der Waals surface area contributed by atoms with E-state index in [4.69, 9.17) is 4.74 Å². The van der Waals surface area contributed by atoms with Gasteiger partial charge in [0.05, 0.1) is 30.2 Å². The molecule has 0 saturated carbocycles. The molecule has 3 heterocycles. The Morgan fingerprint density at radius 3 is 2.58 bits per heavy atom. The molecule has 6 heteroatoms. The van der Waals surface area contributed by atoms with Gasteiger partial charge in [-0.05, 0) is 97.7 Å². The van der Waals surface area contributed by atoms with Crippen LogP contribution in [0, 0.1) is 31.6 Å². The fourth-order valence-corrected chi connectivity index (χ4v) is 6.36. The minimum Gasteiger partial charge on any atom is -0.507 e. The Labute approximate surface area is 212 Å². The molecule has 1 aliphatic carbocycles. The summed E-state index contributed by atoms with van der Waals surface area (Å²) in [6, 6.07) is 9.90. The standard InChI is InChI=1S/C30H34N2O4/c1-5-20-15-22-27(30(35)32(4)29(22)34)23-16-36-25(26(20)23)10-9-21(24-8-6-7-11-31-24)14-19-12-17(2)28(33)18(3)13-19/h6-8,11-14,22-23,25,27,33H,5,9-10,15-16H2,1-4H3/b21-14-/t22-,23+,25-,27-/m1/s1. The van der Waals surface area contributed by atoms with Crippen molar-refractivity contribution in [2.24, 2.45) is 17.8 Å². The number of aryl methyl sites for hydroxylation is 2. The number of carbonyl (C=O) groups excluding carboxylic acids is 2. The van der Waals surface area contributed by atoms with Crippen LogP contribution in [0.25, 0.3) is 11.6 Å². The summed E-state index contributed by atoms with van der Waals surface area (Å²) in [6.45, 7) is 6.45. The van der Waals surface area contributed by atoms with Crippen molar-refractivity contribution in [2.75, 3.05) is 13.7 Å². The van der Waals surface area contributed by atoms with E-state index in [2.05, 4.69) is 18.0 Å². The molecule has 0 unspecified atom stereocenters. The van der Waals surface area contributed by atoms with Gasteiger partial charge in [0.1, 0.15) is 5.75 Å². The van der Waals surface area contributed by atoms with Crippen molar-refractivity contribution in [1.82, 2.24) is 9.88 Å². The summed E-state index contributed by atoms with van der Waals surface area (Å²) < 4.78 is 6.33. The third-order valence-electron chi connectivity index (χ3n) is 8.18. The van der Waals surface area contributed by atoms with E-state index in [9.17, 15) is 14.7 Å². The van der Waals surface area contributed by atoms with Gasteiger partial charge in [0.15, 0.2) is 0 Å². The summed E-state index contributed by atoms with van der Waals surface area (Å²) in [5.74, 6) is -0.297. The lowest BCUT2D eigenvalue weighted by Gasteiger charge is -2.31. The average Bonchev–Trinajstić information content (AvgIpc) is 3.40. The monoisotopic (exact) mass is 486 g/mol. The molecule has 5 rings (SSSR count). The number of carbonyl (C=O) groups is 2. The number of hydrogen-bond donors (Lipinski definition) is 1. The molecule has 0 spiro atoms. The minimum absolute atomic E-state index is 0.00484. The molecule has 0 radical (unpaired) electrons. The highest BCUT2D eigenvalue weighted by Crippen LogP contribution is 2.50. The molecular formula is C30H34N2O4. The SMILES string of the molecule is CCC1=C2[C@@H](CC/C(=C/c3cc(C)c(O)c(C)c3)c3ccccn3)OC[C@@H]2[C@@H]2C(=O)N(C)C(=O)[C@@H]2C1. The first kappa shape index (κ1) is 24.4. The molecule has 36 heavy (non-hydrogen) atoms. The number of fused-ring (bicyclic) bond motifs is 3. The van der Waals surface area contributed by atoms with Crippen molar-refractivity contribution in [3.05, 3.63) is 70.1 Å². The highest BCUT2D eigenvalue weighted by Gasteiger charge is 2.55. The zero-order valence-corrected chi connectivity index (χ0v) is 21.5. The van der Waals surface area contributed by atoms with Crippen molar-refractivity contribution in [2.45, 2.75) is 52.6 Å². The van der Waals surface area contributed by atoms with Crippen molar-refractivity contribution in [3.63, 3.8) is 0 Å². The zero-order chi connectivity index (χ0) is 25.6. The molecule has 4 atom stereocenters. The summed E-state index contributed by atoms with van der Waals surface area (Å²) in [6.07, 6.45) is 6.96. The minimum atomic E-state index is -0.286. The van der Waals surface area contributed by atoms with E-state index in [0.29, 0.717) is 18.8 Å². The quantitative estimate of drug-likeness (QED) is 0.455. The van der Waals surface area contributed by atoms with Crippen LogP contribution in [0.4, 0.5) is 0 Å². The maximum absolute atomic E-state index is 12.9. The van der Waals surface area contributed by atoms with Gasteiger partial charge in [-0.15, -0.1) is 0 Å². The maximum atomic E-state index is 12.9. The number of amides is 2. The normalized spacial score (nSPS) is 26.0. The molecule has 1 N–H and O–H groups in total. The maximum Gasteiger partial charge on any atom is 0.233 e. The number of allylic oxidation sites excluding steroid dienone is 2. The molecule has 0 bridgehead atoms. The number of ether oxygens (including phenoxy) is 1. The van der Waals surface area contributed by atoms with Gasteiger partial charge in [0, 0.05) is 19.2 Å². The fraction of sp³-hybridized carbons (Fsp3) is 0.433. The van der Waals surface area contributed by atoms with E-state index in [-0.39, 0.29) is 35.7 Å². The second kappa shape index (κ2) is 9.66. The van der Waals surface area contributed by atoms with Crippen molar-refractivity contribution in [3.8, 4) is 5.75 Å². The van der Waals surface area contributed by atoms with Crippen LogP contribution in [0.3, 0.4) is 0 Å². The van der Waals surface area contributed by atoms with Crippen LogP contribution in [0.2, 0.25) is 0 Å². The number of aromatic hydroxyl groups is 1. The second-order valence-electron chi connectivity index (χ2n) is 10.3. The molecule has 2 aliphatic heterocycles. The molecular weight excluding hydrogens is 452 g/mol. The summed E-state index contributed by atoms with van der Waals surface area (Å²) in [5.41, 5.74) is 7.28. The number of phenols is 1. The molecule has 2 amide bonds. The first-order chi connectivity index (χ1) is 17.3.